The number of benzene rings is 1. The summed E-state index contributed by atoms with van der Waals surface area (Å²) in [5, 5.41) is 2.98. The summed E-state index contributed by atoms with van der Waals surface area (Å²) in [6.45, 7) is 2.40. The van der Waals surface area contributed by atoms with Crippen LogP contribution < -0.4 is 5.32 Å². The number of fused-ring (bicyclic) bond motifs is 1. The smallest absolute Gasteiger partial charge is 0.242 e. The number of amides is 1. The van der Waals surface area contributed by atoms with Crippen LogP contribution in [0.25, 0.3) is 0 Å². The number of hydrogen-bond acceptors (Lipinski definition) is 4. The van der Waals surface area contributed by atoms with Crippen molar-refractivity contribution < 1.29 is 4.79 Å². The Bertz CT molecular complexity index is 742. The molecule has 1 atom stereocenters. The van der Waals surface area contributed by atoms with Crippen LogP contribution in [0.1, 0.15) is 40.7 Å². The minimum Gasteiger partial charge on any atom is -0.347 e. The summed E-state index contributed by atoms with van der Waals surface area (Å²) in [7, 11) is 3.83. The molecule has 1 aliphatic rings. The van der Waals surface area contributed by atoms with Gasteiger partial charge in [0.05, 0.1) is 6.54 Å². The maximum absolute atomic E-state index is 12.7. The number of carbonyl (C=O) groups excluding carboxylic acids is 1. The van der Waals surface area contributed by atoms with Gasteiger partial charge in [-0.1, -0.05) is 29.8 Å². The number of hydrogen-bond donors (Lipinski definition) is 1. The molecule has 0 spiro atoms. The molecule has 1 amide bonds. The van der Waals surface area contributed by atoms with Crippen LogP contribution in [0, 0.1) is 6.92 Å². The standard InChI is InChI=1S/C19H24N4O/c1-13-6-4-7-14(10-13)18(23(2)3)19(24)21-12-17-20-11-15-8-5-9-16(15)22-17/h4,6-7,10-11,18H,5,8-9,12H2,1-3H3,(H,21,24)/t18-/m0/s1. The molecule has 3 rings (SSSR count). The van der Waals surface area contributed by atoms with Crippen LogP contribution in [0.3, 0.4) is 0 Å². The Morgan fingerprint density at radius 3 is 2.92 bits per heavy atom. The molecule has 1 aliphatic carbocycles. The second-order valence-electron chi connectivity index (χ2n) is 6.61. The van der Waals surface area contributed by atoms with Crippen molar-refractivity contribution in [3.05, 3.63) is 58.7 Å². The second-order valence-corrected chi connectivity index (χ2v) is 6.61. The SMILES string of the molecule is Cc1cccc([C@@H](C(=O)NCc2ncc3c(n2)CCC3)N(C)C)c1. The van der Waals surface area contributed by atoms with E-state index in [9.17, 15) is 4.79 Å². The monoisotopic (exact) mass is 324 g/mol. The maximum atomic E-state index is 12.7. The molecule has 1 heterocycles. The van der Waals surface area contributed by atoms with E-state index in [0.29, 0.717) is 12.4 Å². The summed E-state index contributed by atoms with van der Waals surface area (Å²) in [4.78, 5) is 23.6. The van der Waals surface area contributed by atoms with Crippen molar-refractivity contribution >= 4 is 5.91 Å². The van der Waals surface area contributed by atoms with Crippen molar-refractivity contribution in [1.82, 2.24) is 20.2 Å². The summed E-state index contributed by atoms with van der Waals surface area (Å²) in [6, 6.07) is 7.74. The molecule has 5 nitrogen and oxygen atoms in total. The lowest BCUT2D eigenvalue weighted by Gasteiger charge is -2.24. The Morgan fingerprint density at radius 2 is 2.17 bits per heavy atom. The van der Waals surface area contributed by atoms with Gasteiger partial charge in [-0.05, 0) is 51.4 Å². The van der Waals surface area contributed by atoms with Gasteiger partial charge in [0.2, 0.25) is 5.91 Å². The summed E-state index contributed by atoms with van der Waals surface area (Å²) < 4.78 is 0. The van der Waals surface area contributed by atoms with Gasteiger partial charge in [0.15, 0.2) is 0 Å². The predicted molar refractivity (Wildman–Crippen MR) is 93.5 cm³/mol. The zero-order valence-corrected chi connectivity index (χ0v) is 14.5. The molecule has 0 unspecified atom stereocenters. The second kappa shape index (κ2) is 7.09. The van der Waals surface area contributed by atoms with Crippen LogP contribution in [0.2, 0.25) is 0 Å². The fourth-order valence-electron chi connectivity index (χ4n) is 3.23. The van der Waals surface area contributed by atoms with Crippen molar-refractivity contribution in [3.8, 4) is 0 Å². The Labute approximate surface area is 143 Å². The minimum atomic E-state index is -0.320. The molecule has 0 radical (unpaired) electrons. The molecular weight excluding hydrogens is 300 g/mol. The van der Waals surface area contributed by atoms with Gasteiger partial charge in [0.25, 0.3) is 0 Å². The van der Waals surface area contributed by atoms with Gasteiger partial charge in [-0.15, -0.1) is 0 Å². The Kier molecular flexibility index (Phi) is 4.90. The molecule has 0 fully saturated rings. The third-order valence-electron chi connectivity index (χ3n) is 4.41. The van der Waals surface area contributed by atoms with Gasteiger partial charge >= 0.3 is 0 Å². The molecule has 0 bridgehead atoms. The first-order valence-corrected chi connectivity index (χ1v) is 8.39. The zero-order chi connectivity index (χ0) is 17.1. The number of nitrogens with zero attached hydrogens (tertiary/aromatic N) is 3. The molecule has 1 aromatic heterocycles. The first-order chi connectivity index (χ1) is 11.5. The summed E-state index contributed by atoms with van der Waals surface area (Å²) >= 11 is 0. The lowest BCUT2D eigenvalue weighted by molar-refractivity contribution is -0.126. The van der Waals surface area contributed by atoms with Crippen LogP contribution in [-0.2, 0) is 24.2 Å². The van der Waals surface area contributed by atoms with E-state index in [0.717, 1.165) is 36.1 Å². The highest BCUT2D eigenvalue weighted by molar-refractivity contribution is 5.83. The van der Waals surface area contributed by atoms with Crippen molar-refractivity contribution in [3.63, 3.8) is 0 Å². The van der Waals surface area contributed by atoms with Gasteiger partial charge < -0.3 is 5.32 Å². The quantitative estimate of drug-likeness (QED) is 0.916. The molecule has 1 N–H and O–H groups in total. The average Bonchev–Trinajstić information content (AvgIpc) is 3.00. The van der Waals surface area contributed by atoms with E-state index >= 15 is 0 Å². The summed E-state index contributed by atoms with van der Waals surface area (Å²) in [6.07, 6.45) is 5.14. The van der Waals surface area contributed by atoms with Gasteiger partial charge in [0, 0.05) is 11.9 Å². The van der Waals surface area contributed by atoms with E-state index in [1.165, 1.54) is 5.56 Å². The van der Waals surface area contributed by atoms with Crippen LogP contribution in [-0.4, -0.2) is 34.9 Å². The van der Waals surface area contributed by atoms with Crippen LogP contribution >= 0.6 is 0 Å². The number of aryl methyl sites for hydroxylation is 3. The number of likely N-dealkylation sites (N-methyl/N-ethyl adjacent to an activating group) is 1. The highest BCUT2D eigenvalue weighted by Crippen LogP contribution is 2.20. The van der Waals surface area contributed by atoms with Crippen molar-refractivity contribution in [2.75, 3.05) is 14.1 Å². The Balaban J connectivity index is 1.70. The van der Waals surface area contributed by atoms with Gasteiger partial charge in [-0.25, -0.2) is 9.97 Å². The van der Waals surface area contributed by atoms with Gasteiger partial charge in [0.1, 0.15) is 11.9 Å². The molecule has 126 valence electrons. The number of carbonyl (C=O) groups is 1. The Morgan fingerprint density at radius 1 is 1.33 bits per heavy atom. The molecule has 0 saturated carbocycles. The highest BCUT2D eigenvalue weighted by atomic mass is 16.2. The van der Waals surface area contributed by atoms with Crippen LogP contribution in [0.5, 0.6) is 0 Å². The third-order valence-corrected chi connectivity index (χ3v) is 4.41. The van der Waals surface area contributed by atoms with Crippen molar-refractivity contribution in [2.24, 2.45) is 0 Å². The van der Waals surface area contributed by atoms with Crippen molar-refractivity contribution in [1.29, 1.82) is 0 Å². The normalized spacial score (nSPS) is 14.5. The molecular formula is C19H24N4O. The zero-order valence-electron chi connectivity index (χ0n) is 14.5. The molecule has 0 aliphatic heterocycles. The molecule has 1 aromatic carbocycles. The third kappa shape index (κ3) is 3.62. The minimum absolute atomic E-state index is 0.0327. The van der Waals surface area contributed by atoms with Gasteiger partial charge in [-0.3, -0.25) is 9.69 Å². The molecule has 24 heavy (non-hydrogen) atoms. The summed E-state index contributed by atoms with van der Waals surface area (Å²) in [5.74, 6) is 0.653. The van der Waals surface area contributed by atoms with E-state index in [4.69, 9.17) is 0 Å². The lowest BCUT2D eigenvalue weighted by Crippen LogP contribution is -2.37. The topological polar surface area (TPSA) is 58.1 Å². The molecule has 2 aromatic rings. The molecule has 0 saturated heterocycles. The lowest BCUT2D eigenvalue weighted by atomic mass is 10.0. The first kappa shape index (κ1) is 16.6. The van der Waals surface area contributed by atoms with E-state index in [2.05, 4.69) is 21.4 Å². The number of nitrogens with one attached hydrogen (secondary N) is 1. The maximum Gasteiger partial charge on any atom is 0.242 e. The number of rotatable bonds is 5. The van der Waals surface area contributed by atoms with Crippen molar-refractivity contribution in [2.45, 2.75) is 38.8 Å². The average molecular weight is 324 g/mol. The predicted octanol–water partition coefficient (Wildman–Crippen LogP) is 2.19. The van der Waals surface area contributed by atoms with Crippen LogP contribution in [0.4, 0.5) is 0 Å². The fourth-order valence-corrected chi connectivity index (χ4v) is 3.23. The van der Waals surface area contributed by atoms with Crippen LogP contribution in [0.15, 0.2) is 30.5 Å². The van der Waals surface area contributed by atoms with E-state index < -0.39 is 0 Å². The Hall–Kier alpha value is -2.27. The summed E-state index contributed by atoms with van der Waals surface area (Å²) in [5.41, 5.74) is 4.52. The van der Waals surface area contributed by atoms with Gasteiger partial charge in [-0.2, -0.15) is 0 Å². The van der Waals surface area contributed by atoms with E-state index in [1.807, 2.05) is 50.3 Å². The highest BCUT2D eigenvalue weighted by Gasteiger charge is 2.23. The molecule has 5 heteroatoms. The largest absolute Gasteiger partial charge is 0.347 e. The fraction of sp³-hybridized carbons (Fsp3) is 0.421. The van der Waals surface area contributed by atoms with E-state index in [1.54, 1.807) is 0 Å². The van der Waals surface area contributed by atoms with E-state index in [-0.39, 0.29) is 11.9 Å². The number of aromatic nitrogens is 2. The first-order valence-electron chi connectivity index (χ1n) is 8.39.